The normalized spacial score (nSPS) is 21.8. The highest BCUT2D eigenvalue weighted by Crippen LogP contribution is 2.39. The molecule has 2 aromatic heterocycles. The van der Waals surface area contributed by atoms with Crippen LogP contribution in [0, 0.1) is 0 Å². The van der Waals surface area contributed by atoms with Crippen molar-refractivity contribution in [2.75, 3.05) is 11.4 Å². The summed E-state index contributed by atoms with van der Waals surface area (Å²) in [5.41, 5.74) is 0.0527. The molecule has 0 radical (unpaired) electrons. The fourth-order valence-electron chi connectivity index (χ4n) is 3.65. The molecule has 0 N–H and O–H groups in total. The van der Waals surface area contributed by atoms with Crippen molar-refractivity contribution in [1.29, 1.82) is 0 Å². The minimum atomic E-state index is 0.0527. The summed E-state index contributed by atoms with van der Waals surface area (Å²) in [6, 6.07) is 0.296. The first kappa shape index (κ1) is 16.0. The van der Waals surface area contributed by atoms with E-state index in [9.17, 15) is 0 Å². The van der Waals surface area contributed by atoms with E-state index in [-0.39, 0.29) is 5.41 Å². The van der Waals surface area contributed by atoms with Gasteiger partial charge in [0.25, 0.3) is 0 Å². The number of hydrogen-bond acceptors (Lipinski definition) is 6. The van der Waals surface area contributed by atoms with Gasteiger partial charge in [0.1, 0.15) is 10.8 Å². The first-order chi connectivity index (χ1) is 11.5. The van der Waals surface area contributed by atoms with Crippen LogP contribution in [0.4, 0.5) is 5.13 Å². The van der Waals surface area contributed by atoms with Gasteiger partial charge in [-0.25, -0.2) is 0 Å². The van der Waals surface area contributed by atoms with E-state index >= 15 is 0 Å². The summed E-state index contributed by atoms with van der Waals surface area (Å²) >= 11 is 1.73. The second-order valence-electron chi connectivity index (χ2n) is 7.93. The average molecular weight is 347 g/mol. The van der Waals surface area contributed by atoms with Gasteiger partial charge in [-0.2, -0.15) is 0 Å². The topological polar surface area (TPSA) is 59.7 Å². The molecule has 1 fully saturated rings. The molecule has 0 bridgehead atoms. The van der Waals surface area contributed by atoms with Crippen LogP contribution < -0.4 is 4.90 Å². The second kappa shape index (κ2) is 6.10. The lowest BCUT2D eigenvalue weighted by molar-refractivity contribution is 0.558. The maximum absolute atomic E-state index is 4.58. The van der Waals surface area contributed by atoms with E-state index in [4.69, 9.17) is 0 Å². The molecule has 0 spiro atoms. The Bertz CT molecular complexity index is 713. The molecule has 1 saturated heterocycles. The molecule has 24 heavy (non-hydrogen) atoms. The number of hydrogen-bond donors (Lipinski definition) is 0. The van der Waals surface area contributed by atoms with E-state index in [2.05, 4.69) is 50.6 Å². The summed E-state index contributed by atoms with van der Waals surface area (Å²) in [5, 5.41) is 20.1. The highest BCUT2D eigenvalue weighted by Gasteiger charge is 2.34. The molecule has 0 saturated carbocycles. The van der Waals surface area contributed by atoms with Crippen LogP contribution in [0.3, 0.4) is 0 Å². The summed E-state index contributed by atoms with van der Waals surface area (Å²) in [6.45, 7) is 8.67. The van der Waals surface area contributed by atoms with E-state index in [1.54, 1.807) is 11.3 Å². The van der Waals surface area contributed by atoms with E-state index in [0.29, 0.717) is 6.04 Å². The summed E-state index contributed by atoms with van der Waals surface area (Å²) in [4.78, 5) is 2.40. The van der Waals surface area contributed by atoms with Crippen molar-refractivity contribution in [3.63, 3.8) is 0 Å². The van der Waals surface area contributed by atoms with Gasteiger partial charge in [0, 0.05) is 24.9 Å². The van der Waals surface area contributed by atoms with Crippen LogP contribution in [0.15, 0.2) is 0 Å². The zero-order chi connectivity index (χ0) is 16.7. The lowest BCUT2D eigenvalue weighted by Crippen LogP contribution is -2.25. The molecular formula is C17H26N6S. The Kier molecular flexibility index (Phi) is 4.06. The smallest absolute Gasteiger partial charge is 0.208 e. The molecule has 7 heteroatoms. The van der Waals surface area contributed by atoms with Crippen molar-refractivity contribution < 1.29 is 0 Å². The lowest BCUT2D eigenvalue weighted by Gasteiger charge is -2.23. The molecule has 6 nitrogen and oxygen atoms in total. The molecular weight excluding hydrogens is 320 g/mol. The first-order valence-corrected chi connectivity index (χ1v) is 9.88. The minimum Gasteiger partial charge on any atom is -0.336 e. The Hall–Kier alpha value is -1.50. The van der Waals surface area contributed by atoms with Crippen molar-refractivity contribution in [1.82, 2.24) is 25.0 Å². The minimum absolute atomic E-state index is 0.0527. The molecule has 0 unspecified atom stereocenters. The van der Waals surface area contributed by atoms with Crippen LogP contribution in [0.25, 0.3) is 0 Å². The van der Waals surface area contributed by atoms with E-state index in [1.165, 1.54) is 31.5 Å². The fraction of sp³-hybridized carbons (Fsp3) is 0.765. The van der Waals surface area contributed by atoms with Crippen molar-refractivity contribution >= 4 is 16.5 Å². The summed E-state index contributed by atoms with van der Waals surface area (Å²) in [5.74, 6) is 2.30. The van der Waals surface area contributed by atoms with Crippen molar-refractivity contribution in [3.05, 3.63) is 16.7 Å². The van der Waals surface area contributed by atoms with Gasteiger partial charge in [0.2, 0.25) is 5.13 Å². The Morgan fingerprint density at radius 1 is 0.958 bits per heavy atom. The van der Waals surface area contributed by atoms with E-state index in [1.807, 2.05) is 0 Å². The third-order valence-electron chi connectivity index (χ3n) is 4.99. The van der Waals surface area contributed by atoms with Crippen LogP contribution in [0.2, 0.25) is 0 Å². The Labute approximate surface area is 147 Å². The van der Waals surface area contributed by atoms with Crippen molar-refractivity contribution in [3.8, 4) is 0 Å². The molecule has 130 valence electrons. The van der Waals surface area contributed by atoms with Crippen LogP contribution in [0.1, 0.15) is 75.6 Å². The van der Waals surface area contributed by atoms with Gasteiger partial charge in [-0.15, -0.1) is 20.4 Å². The lowest BCUT2D eigenvalue weighted by atomic mass is 9.98. The Morgan fingerprint density at radius 3 is 2.62 bits per heavy atom. The van der Waals surface area contributed by atoms with Gasteiger partial charge in [0.15, 0.2) is 5.82 Å². The largest absolute Gasteiger partial charge is 0.336 e. The second-order valence-corrected chi connectivity index (χ2v) is 8.88. The standard InChI is InChI=1S/C17H26N6S/c1-17(2,3)15-20-21-16(24-15)22-11-7-8-12(22)14-19-18-13-9-5-4-6-10-23(13)14/h12H,4-11H2,1-3H3/t12-/m1/s1. The predicted molar refractivity (Wildman–Crippen MR) is 95.5 cm³/mol. The van der Waals surface area contributed by atoms with Gasteiger partial charge < -0.3 is 9.47 Å². The zero-order valence-corrected chi connectivity index (χ0v) is 15.6. The molecule has 0 aromatic carbocycles. The summed E-state index contributed by atoms with van der Waals surface area (Å²) < 4.78 is 2.38. The monoisotopic (exact) mass is 346 g/mol. The maximum Gasteiger partial charge on any atom is 0.208 e. The third kappa shape index (κ3) is 2.83. The van der Waals surface area contributed by atoms with Crippen LogP contribution in [-0.4, -0.2) is 31.5 Å². The number of rotatable bonds is 2. The molecule has 2 aliphatic rings. The number of aromatic nitrogens is 5. The quantitative estimate of drug-likeness (QED) is 0.833. The number of anilines is 1. The van der Waals surface area contributed by atoms with Crippen molar-refractivity contribution in [2.24, 2.45) is 0 Å². The van der Waals surface area contributed by atoms with Crippen molar-refractivity contribution in [2.45, 2.75) is 77.3 Å². The third-order valence-corrected chi connectivity index (χ3v) is 6.38. The van der Waals surface area contributed by atoms with Gasteiger partial charge in [-0.1, -0.05) is 38.5 Å². The highest BCUT2D eigenvalue weighted by atomic mass is 32.1. The average Bonchev–Trinajstić information content (AvgIpc) is 3.22. The Morgan fingerprint density at radius 2 is 1.83 bits per heavy atom. The van der Waals surface area contributed by atoms with Gasteiger partial charge in [-0.05, 0) is 25.7 Å². The van der Waals surface area contributed by atoms with Crippen LogP contribution >= 0.6 is 11.3 Å². The van der Waals surface area contributed by atoms with Gasteiger partial charge >= 0.3 is 0 Å². The summed E-state index contributed by atoms with van der Waals surface area (Å²) in [6.07, 6.45) is 7.13. The number of fused-ring (bicyclic) bond motifs is 1. The number of aryl methyl sites for hydroxylation is 1. The molecule has 4 rings (SSSR count). The highest BCUT2D eigenvalue weighted by molar-refractivity contribution is 7.15. The summed E-state index contributed by atoms with van der Waals surface area (Å²) in [7, 11) is 0. The molecule has 0 amide bonds. The molecule has 4 heterocycles. The molecule has 2 aliphatic heterocycles. The van der Waals surface area contributed by atoms with E-state index < -0.39 is 0 Å². The van der Waals surface area contributed by atoms with Crippen LogP contribution in [-0.2, 0) is 18.4 Å². The Balaban J connectivity index is 1.64. The molecule has 1 atom stereocenters. The van der Waals surface area contributed by atoms with Crippen LogP contribution in [0.5, 0.6) is 0 Å². The molecule has 0 aliphatic carbocycles. The zero-order valence-electron chi connectivity index (χ0n) is 14.8. The predicted octanol–water partition coefficient (Wildman–Crippen LogP) is 3.50. The SMILES string of the molecule is CC(C)(C)c1nnc(N2CCC[C@@H]2c2nnc3n2CCCCC3)s1. The maximum atomic E-state index is 4.58. The first-order valence-electron chi connectivity index (χ1n) is 9.06. The van der Waals surface area contributed by atoms with E-state index in [0.717, 1.165) is 41.9 Å². The fourth-order valence-corrected chi connectivity index (χ4v) is 4.63. The van der Waals surface area contributed by atoms with Gasteiger partial charge in [0.05, 0.1) is 6.04 Å². The number of nitrogens with zero attached hydrogens (tertiary/aromatic N) is 6. The van der Waals surface area contributed by atoms with Gasteiger partial charge in [-0.3, -0.25) is 0 Å². The molecule has 2 aromatic rings.